The van der Waals surface area contributed by atoms with Crippen LogP contribution in [0.3, 0.4) is 0 Å². The molecular formula is C20H35N5O2. The third-order valence-electron chi connectivity index (χ3n) is 6.29. The summed E-state index contributed by atoms with van der Waals surface area (Å²) in [7, 11) is 3.53. The quantitative estimate of drug-likeness (QED) is 0.570. The summed E-state index contributed by atoms with van der Waals surface area (Å²) >= 11 is 0. The molecule has 152 valence electrons. The Morgan fingerprint density at radius 2 is 2.07 bits per heavy atom. The predicted molar refractivity (Wildman–Crippen MR) is 106 cm³/mol. The number of nitrogens with one attached hydrogen (secondary N) is 2. The second-order valence-corrected chi connectivity index (χ2v) is 8.79. The molecule has 2 aliphatic heterocycles. The van der Waals surface area contributed by atoms with Gasteiger partial charge in [0.05, 0.1) is 0 Å². The molecule has 1 saturated carbocycles. The summed E-state index contributed by atoms with van der Waals surface area (Å²) in [6, 6.07) is 0. The lowest BCUT2D eigenvalue weighted by atomic mass is 9.79. The van der Waals surface area contributed by atoms with Gasteiger partial charge in [0.1, 0.15) is 6.54 Å². The van der Waals surface area contributed by atoms with E-state index < -0.39 is 0 Å². The highest BCUT2D eigenvalue weighted by atomic mass is 16.2. The molecule has 1 spiro atoms. The van der Waals surface area contributed by atoms with Gasteiger partial charge in [0.15, 0.2) is 5.96 Å². The maximum Gasteiger partial charge on any atom is 0.243 e. The molecule has 2 amide bonds. The van der Waals surface area contributed by atoms with Gasteiger partial charge >= 0.3 is 0 Å². The van der Waals surface area contributed by atoms with Gasteiger partial charge in [0, 0.05) is 52.1 Å². The summed E-state index contributed by atoms with van der Waals surface area (Å²) in [5.41, 5.74) is 0.0220. The highest BCUT2D eigenvalue weighted by Crippen LogP contribution is 2.36. The Morgan fingerprint density at radius 3 is 2.74 bits per heavy atom. The van der Waals surface area contributed by atoms with Crippen LogP contribution in [0.25, 0.3) is 0 Å². The lowest BCUT2D eigenvalue weighted by molar-refractivity contribution is -0.127. The van der Waals surface area contributed by atoms with Gasteiger partial charge in [-0.3, -0.25) is 9.59 Å². The van der Waals surface area contributed by atoms with Crippen molar-refractivity contribution < 1.29 is 9.59 Å². The number of aliphatic imine (C=N–C) groups is 1. The number of likely N-dealkylation sites (N-methyl/N-ethyl adjacent to an activating group) is 1. The van der Waals surface area contributed by atoms with E-state index >= 15 is 0 Å². The molecule has 0 radical (unpaired) electrons. The van der Waals surface area contributed by atoms with E-state index in [0.29, 0.717) is 12.3 Å². The number of rotatable bonds is 4. The molecular weight excluding hydrogens is 342 g/mol. The van der Waals surface area contributed by atoms with Crippen LogP contribution < -0.4 is 10.6 Å². The monoisotopic (exact) mass is 377 g/mol. The molecule has 0 aromatic heterocycles. The predicted octanol–water partition coefficient (Wildman–Crippen LogP) is 1.20. The van der Waals surface area contributed by atoms with Gasteiger partial charge < -0.3 is 20.4 Å². The van der Waals surface area contributed by atoms with Crippen LogP contribution in [-0.2, 0) is 9.59 Å². The van der Waals surface area contributed by atoms with Crippen LogP contribution in [0.1, 0.15) is 51.4 Å². The second-order valence-electron chi connectivity index (χ2n) is 8.79. The van der Waals surface area contributed by atoms with Crippen LogP contribution in [0, 0.1) is 11.3 Å². The Morgan fingerprint density at radius 1 is 1.30 bits per heavy atom. The molecule has 2 heterocycles. The standard InChI is InChI=1S/C20H35N5O2/c1-24(2)18(27)13-22-19(21-12-16-7-4-3-5-8-16)25-10-6-9-20(15-25)11-17(26)23-14-20/h16H,3-15H2,1-2H3,(H,21,22)(H,23,26). The van der Waals surface area contributed by atoms with Gasteiger partial charge in [0.2, 0.25) is 11.8 Å². The lowest BCUT2D eigenvalue weighted by Gasteiger charge is -2.41. The molecule has 0 bridgehead atoms. The third kappa shape index (κ3) is 5.36. The van der Waals surface area contributed by atoms with Gasteiger partial charge in [-0.15, -0.1) is 0 Å². The zero-order valence-corrected chi connectivity index (χ0v) is 16.9. The normalized spacial score (nSPS) is 27.0. The lowest BCUT2D eigenvalue weighted by Crippen LogP contribution is -2.52. The Kier molecular flexibility index (Phi) is 6.60. The van der Waals surface area contributed by atoms with Crippen molar-refractivity contribution in [2.45, 2.75) is 51.4 Å². The molecule has 2 N–H and O–H groups in total. The molecule has 1 atom stereocenters. The van der Waals surface area contributed by atoms with E-state index in [9.17, 15) is 9.59 Å². The average Bonchev–Trinajstić information content (AvgIpc) is 3.02. The maximum absolute atomic E-state index is 12.0. The van der Waals surface area contributed by atoms with Crippen molar-refractivity contribution in [3.8, 4) is 0 Å². The Hall–Kier alpha value is -1.79. The van der Waals surface area contributed by atoms with Crippen molar-refractivity contribution in [2.75, 3.05) is 46.8 Å². The Labute approximate surface area is 162 Å². The van der Waals surface area contributed by atoms with Crippen LogP contribution in [0.5, 0.6) is 0 Å². The first-order chi connectivity index (χ1) is 13.0. The molecule has 0 aromatic carbocycles. The number of guanidine groups is 1. The molecule has 1 aliphatic carbocycles. The third-order valence-corrected chi connectivity index (χ3v) is 6.29. The molecule has 3 fully saturated rings. The first kappa shape index (κ1) is 20.0. The van der Waals surface area contributed by atoms with Crippen molar-refractivity contribution in [3.63, 3.8) is 0 Å². The molecule has 3 aliphatic rings. The van der Waals surface area contributed by atoms with Crippen molar-refractivity contribution in [3.05, 3.63) is 0 Å². The highest BCUT2D eigenvalue weighted by molar-refractivity contribution is 5.85. The van der Waals surface area contributed by atoms with Gasteiger partial charge in [-0.2, -0.15) is 0 Å². The number of hydrogen-bond acceptors (Lipinski definition) is 3. The SMILES string of the molecule is CN(C)C(=O)CN=C(NCC1CCCCC1)N1CCCC2(CNC(=O)C2)C1. The number of amides is 2. The van der Waals surface area contributed by atoms with Crippen LogP contribution in [0.4, 0.5) is 0 Å². The smallest absolute Gasteiger partial charge is 0.243 e. The van der Waals surface area contributed by atoms with Crippen molar-refractivity contribution >= 4 is 17.8 Å². The van der Waals surface area contributed by atoms with E-state index in [-0.39, 0.29) is 23.8 Å². The van der Waals surface area contributed by atoms with E-state index in [1.165, 1.54) is 32.1 Å². The minimum Gasteiger partial charge on any atom is -0.356 e. The average molecular weight is 378 g/mol. The van der Waals surface area contributed by atoms with E-state index in [1.807, 2.05) is 0 Å². The molecule has 27 heavy (non-hydrogen) atoms. The van der Waals surface area contributed by atoms with E-state index in [2.05, 4.69) is 20.5 Å². The van der Waals surface area contributed by atoms with Gasteiger partial charge in [-0.25, -0.2) is 4.99 Å². The van der Waals surface area contributed by atoms with Crippen molar-refractivity contribution in [1.82, 2.24) is 20.4 Å². The number of nitrogens with zero attached hydrogens (tertiary/aromatic N) is 3. The zero-order chi connectivity index (χ0) is 19.3. The summed E-state index contributed by atoms with van der Waals surface area (Å²) in [6.07, 6.45) is 9.28. The minimum atomic E-state index is 0.0106. The zero-order valence-electron chi connectivity index (χ0n) is 16.9. The number of carbonyl (C=O) groups is 2. The summed E-state index contributed by atoms with van der Waals surface area (Å²) in [4.78, 5) is 32.4. The maximum atomic E-state index is 12.0. The molecule has 3 rings (SSSR count). The van der Waals surface area contributed by atoms with Crippen molar-refractivity contribution in [1.29, 1.82) is 0 Å². The van der Waals surface area contributed by atoms with Crippen LogP contribution >= 0.6 is 0 Å². The number of carbonyl (C=O) groups excluding carboxylic acids is 2. The topological polar surface area (TPSA) is 77.0 Å². The van der Waals surface area contributed by atoms with Crippen LogP contribution in [0.2, 0.25) is 0 Å². The molecule has 7 nitrogen and oxygen atoms in total. The van der Waals surface area contributed by atoms with Gasteiger partial charge in [-0.1, -0.05) is 19.3 Å². The van der Waals surface area contributed by atoms with E-state index in [4.69, 9.17) is 0 Å². The number of hydrogen-bond donors (Lipinski definition) is 2. The van der Waals surface area contributed by atoms with Crippen molar-refractivity contribution in [2.24, 2.45) is 16.3 Å². The van der Waals surface area contributed by atoms with E-state index in [1.54, 1.807) is 19.0 Å². The largest absolute Gasteiger partial charge is 0.356 e. The first-order valence-electron chi connectivity index (χ1n) is 10.5. The van der Waals surface area contributed by atoms with Crippen LogP contribution in [0.15, 0.2) is 4.99 Å². The summed E-state index contributed by atoms with van der Waals surface area (Å²) in [5, 5.41) is 6.57. The van der Waals surface area contributed by atoms with Gasteiger partial charge in [0.25, 0.3) is 0 Å². The van der Waals surface area contributed by atoms with Gasteiger partial charge in [-0.05, 0) is 31.6 Å². The Balaban J connectivity index is 1.66. The molecule has 2 saturated heterocycles. The fourth-order valence-electron chi connectivity index (χ4n) is 4.61. The van der Waals surface area contributed by atoms with E-state index in [0.717, 1.165) is 45.0 Å². The second kappa shape index (κ2) is 8.93. The number of likely N-dealkylation sites (tertiary alicyclic amines) is 1. The van der Waals surface area contributed by atoms with Crippen LogP contribution in [-0.4, -0.2) is 74.4 Å². The Bertz CT molecular complexity index is 571. The fourth-order valence-corrected chi connectivity index (χ4v) is 4.61. The molecule has 7 heteroatoms. The number of piperidine rings is 1. The summed E-state index contributed by atoms with van der Waals surface area (Å²) < 4.78 is 0. The molecule has 1 unspecified atom stereocenters. The summed E-state index contributed by atoms with van der Waals surface area (Å²) in [6.45, 7) is 3.62. The first-order valence-corrected chi connectivity index (χ1v) is 10.5. The minimum absolute atomic E-state index is 0.0106. The fraction of sp³-hybridized carbons (Fsp3) is 0.850. The molecule has 0 aromatic rings. The highest BCUT2D eigenvalue weighted by Gasteiger charge is 2.42. The summed E-state index contributed by atoms with van der Waals surface area (Å²) in [5.74, 6) is 1.71.